The molecule has 126 valence electrons. The minimum absolute atomic E-state index is 0.122. The smallest absolute Gasteiger partial charge is 0.251 e. The van der Waals surface area contributed by atoms with Crippen molar-refractivity contribution in [3.05, 3.63) is 88.9 Å². The third kappa shape index (κ3) is 4.61. The largest absolute Gasteiger partial charge is 0.508 e. The molecular weight excluding hydrogens is 334 g/mol. The van der Waals surface area contributed by atoms with Gasteiger partial charge in [-0.15, -0.1) is 0 Å². The Kier molecular flexibility index (Phi) is 5.36. The summed E-state index contributed by atoms with van der Waals surface area (Å²) < 4.78 is 0. The van der Waals surface area contributed by atoms with Crippen LogP contribution in [-0.4, -0.2) is 17.6 Å². The van der Waals surface area contributed by atoms with Gasteiger partial charge in [0.15, 0.2) is 0 Å². The molecule has 3 aromatic carbocycles. The zero-order valence-corrected chi connectivity index (χ0v) is 14.3. The van der Waals surface area contributed by atoms with Gasteiger partial charge < -0.3 is 10.4 Å². The molecule has 3 aromatic rings. The number of carbonyl (C=O) groups is 1. The zero-order chi connectivity index (χ0) is 17.6. The number of aromatic hydroxyl groups is 1. The Balaban J connectivity index is 1.55. The first-order valence-electron chi connectivity index (χ1n) is 8.04. The van der Waals surface area contributed by atoms with Crippen molar-refractivity contribution in [1.82, 2.24) is 5.32 Å². The maximum atomic E-state index is 12.1. The summed E-state index contributed by atoms with van der Waals surface area (Å²) in [6.45, 7) is 0.559. The van der Waals surface area contributed by atoms with Gasteiger partial charge in [0.2, 0.25) is 0 Å². The van der Waals surface area contributed by atoms with Crippen molar-refractivity contribution >= 4 is 17.5 Å². The molecule has 25 heavy (non-hydrogen) atoms. The van der Waals surface area contributed by atoms with Crippen LogP contribution in [0.15, 0.2) is 72.8 Å². The second-order valence-corrected chi connectivity index (χ2v) is 6.20. The molecule has 0 aromatic heterocycles. The maximum absolute atomic E-state index is 12.1. The van der Waals surface area contributed by atoms with Gasteiger partial charge in [-0.25, -0.2) is 0 Å². The number of phenols is 1. The SMILES string of the molecule is O=C(NCCc1ccc(-c2ccc(O)cc2)cc1)c1cccc(Cl)c1. The van der Waals surface area contributed by atoms with Crippen molar-refractivity contribution in [2.75, 3.05) is 6.54 Å². The molecule has 0 aliphatic heterocycles. The first kappa shape index (κ1) is 17.1. The Bertz CT molecular complexity index is 858. The van der Waals surface area contributed by atoms with Crippen LogP contribution in [0.3, 0.4) is 0 Å². The Morgan fingerprint density at radius 2 is 1.56 bits per heavy atom. The van der Waals surface area contributed by atoms with Gasteiger partial charge in [-0.1, -0.05) is 54.1 Å². The lowest BCUT2D eigenvalue weighted by atomic mass is 10.0. The van der Waals surface area contributed by atoms with E-state index in [-0.39, 0.29) is 11.7 Å². The van der Waals surface area contributed by atoms with Crippen LogP contribution in [0, 0.1) is 0 Å². The molecule has 0 aliphatic carbocycles. The minimum atomic E-state index is -0.122. The van der Waals surface area contributed by atoms with E-state index < -0.39 is 0 Å². The van der Waals surface area contributed by atoms with Gasteiger partial charge >= 0.3 is 0 Å². The molecule has 0 atom stereocenters. The van der Waals surface area contributed by atoms with E-state index in [0.717, 1.165) is 23.1 Å². The normalized spacial score (nSPS) is 10.4. The van der Waals surface area contributed by atoms with Crippen LogP contribution in [0.4, 0.5) is 0 Å². The molecule has 0 fully saturated rings. The Labute approximate surface area is 151 Å². The van der Waals surface area contributed by atoms with E-state index in [1.165, 1.54) is 0 Å². The second kappa shape index (κ2) is 7.86. The lowest BCUT2D eigenvalue weighted by molar-refractivity contribution is 0.0954. The summed E-state index contributed by atoms with van der Waals surface area (Å²) >= 11 is 5.90. The highest BCUT2D eigenvalue weighted by Gasteiger charge is 2.05. The van der Waals surface area contributed by atoms with Gasteiger partial charge in [-0.2, -0.15) is 0 Å². The summed E-state index contributed by atoms with van der Waals surface area (Å²) in [4.78, 5) is 12.1. The third-order valence-corrected chi connectivity index (χ3v) is 4.18. The topological polar surface area (TPSA) is 49.3 Å². The number of halogens is 1. The fourth-order valence-corrected chi connectivity index (χ4v) is 2.76. The third-order valence-electron chi connectivity index (χ3n) is 3.94. The number of amides is 1. The molecule has 3 rings (SSSR count). The molecule has 0 radical (unpaired) electrons. The number of hydrogen-bond acceptors (Lipinski definition) is 2. The molecule has 2 N–H and O–H groups in total. The van der Waals surface area contributed by atoms with E-state index in [0.29, 0.717) is 17.1 Å². The van der Waals surface area contributed by atoms with Gasteiger partial charge in [0.1, 0.15) is 5.75 Å². The predicted molar refractivity (Wildman–Crippen MR) is 101 cm³/mol. The Hall–Kier alpha value is -2.78. The molecule has 0 bridgehead atoms. The number of hydrogen-bond donors (Lipinski definition) is 2. The van der Waals surface area contributed by atoms with E-state index in [2.05, 4.69) is 5.32 Å². The second-order valence-electron chi connectivity index (χ2n) is 5.76. The number of nitrogens with one attached hydrogen (secondary N) is 1. The molecule has 0 heterocycles. The summed E-state index contributed by atoms with van der Waals surface area (Å²) in [7, 11) is 0. The van der Waals surface area contributed by atoms with Crippen molar-refractivity contribution in [1.29, 1.82) is 0 Å². The van der Waals surface area contributed by atoms with Crippen molar-refractivity contribution in [2.45, 2.75) is 6.42 Å². The van der Waals surface area contributed by atoms with Gasteiger partial charge in [0.25, 0.3) is 5.91 Å². The molecular formula is C21H18ClNO2. The molecule has 0 spiro atoms. The van der Waals surface area contributed by atoms with Gasteiger partial charge in [0.05, 0.1) is 0 Å². The van der Waals surface area contributed by atoms with Gasteiger partial charge in [-0.05, 0) is 53.4 Å². The fourth-order valence-electron chi connectivity index (χ4n) is 2.57. The maximum Gasteiger partial charge on any atom is 0.251 e. The van der Waals surface area contributed by atoms with Crippen LogP contribution >= 0.6 is 11.6 Å². The molecule has 1 amide bonds. The van der Waals surface area contributed by atoms with Crippen molar-refractivity contribution in [2.24, 2.45) is 0 Å². The van der Waals surface area contributed by atoms with E-state index in [9.17, 15) is 9.90 Å². The van der Waals surface area contributed by atoms with Crippen LogP contribution in [0.2, 0.25) is 5.02 Å². The molecule has 4 heteroatoms. The highest BCUT2D eigenvalue weighted by Crippen LogP contribution is 2.22. The van der Waals surface area contributed by atoms with E-state index >= 15 is 0 Å². The summed E-state index contributed by atoms with van der Waals surface area (Å²) in [5, 5.41) is 12.8. The van der Waals surface area contributed by atoms with E-state index in [4.69, 9.17) is 11.6 Å². The number of benzene rings is 3. The highest BCUT2D eigenvalue weighted by molar-refractivity contribution is 6.30. The van der Waals surface area contributed by atoms with Crippen LogP contribution in [0.25, 0.3) is 11.1 Å². The zero-order valence-electron chi connectivity index (χ0n) is 13.6. The summed E-state index contributed by atoms with van der Waals surface area (Å²) in [5.41, 5.74) is 3.86. The average Bonchev–Trinajstić information content (AvgIpc) is 2.63. The molecule has 0 saturated carbocycles. The molecule has 0 aliphatic rings. The van der Waals surface area contributed by atoms with E-state index in [1.54, 1.807) is 36.4 Å². The molecule has 0 unspecified atom stereocenters. The van der Waals surface area contributed by atoms with Crippen LogP contribution in [0.1, 0.15) is 15.9 Å². The van der Waals surface area contributed by atoms with Gasteiger partial charge in [-0.3, -0.25) is 4.79 Å². The Morgan fingerprint density at radius 1 is 0.920 bits per heavy atom. The van der Waals surface area contributed by atoms with Gasteiger partial charge in [0, 0.05) is 17.1 Å². The summed E-state index contributed by atoms with van der Waals surface area (Å²) in [6, 6.07) is 22.2. The van der Waals surface area contributed by atoms with Crippen molar-refractivity contribution in [3.8, 4) is 16.9 Å². The summed E-state index contributed by atoms with van der Waals surface area (Å²) in [6.07, 6.45) is 0.752. The first-order valence-corrected chi connectivity index (χ1v) is 8.42. The lowest BCUT2D eigenvalue weighted by Crippen LogP contribution is -2.25. The molecule has 0 saturated heterocycles. The summed E-state index contributed by atoms with van der Waals surface area (Å²) in [5.74, 6) is 0.138. The standard InChI is InChI=1S/C21H18ClNO2/c22-19-3-1-2-18(14-19)21(25)23-13-12-15-4-6-16(7-5-15)17-8-10-20(24)11-9-17/h1-11,14,24H,12-13H2,(H,23,25). The van der Waals surface area contributed by atoms with Crippen LogP contribution in [0.5, 0.6) is 5.75 Å². The number of phenolic OH excluding ortho intramolecular Hbond substituents is 1. The monoisotopic (exact) mass is 351 g/mol. The lowest BCUT2D eigenvalue weighted by Gasteiger charge is -2.07. The number of rotatable bonds is 5. The minimum Gasteiger partial charge on any atom is -0.508 e. The Morgan fingerprint density at radius 3 is 2.20 bits per heavy atom. The molecule has 3 nitrogen and oxygen atoms in total. The predicted octanol–water partition coefficient (Wildman–Crippen LogP) is 4.69. The first-order chi connectivity index (χ1) is 12.1. The average molecular weight is 352 g/mol. The van der Waals surface area contributed by atoms with Crippen LogP contribution in [-0.2, 0) is 6.42 Å². The quantitative estimate of drug-likeness (QED) is 0.700. The fraction of sp³-hybridized carbons (Fsp3) is 0.0952. The van der Waals surface area contributed by atoms with Crippen molar-refractivity contribution < 1.29 is 9.90 Å². The van der Waals surface area contributed by atoms with E-state index in [1.807, 2.05) is 36.4 Å². The van der Waals surface area contributed by atoms with Crippen molar-refractivity contribution in [3.63, 3.8) is 0 Å². The van der Waals surface area contributed by atoms with Crippen LogP contribution < -0.4 is 5.32 Å². The highest BCUT2D eigenvalue weighted by atomic mass is 35.5. The number of carbonyl (C=O) groups excluding carboxylic acids is 1.